The first kappa shape index (κ1) is 14.2. The van der Waals surface area contributed by atoms with Crippen molar-refractivity contribution in [3.05, 3.63) is 29.6 Å². The van der Waals surface area contributed by atoms with Gasteiger partial charge in [-0.1, -0.05) is 0 Å². The molecule has 0 radical (unpaired) electrons. The zero-order valence-corrected chi connectivity index (χ0v) is 11.4. The van der Waals surface area contributed by atoms with Gasteiger partial charge in [0.2, 0.25) is 0 Å². The highest BCUT2D eigenvalue weighted by molar-refractivity contribution is 5.33. The van der Waals surface area contributed by atoms with E-state index < -0.39 is 0 Å². The summed E-state index contributed by atoms with van der Waals surface area (Å²) >= 11 is 0. The highest BCUT2D eigenvalue weighted by Crippen LogP contribution is 2.21. The van der Waals surface area contributed by atoms with Crippen LogP contribution in [0.4, 0.5) is 4.39 Å². The van der Waals surface area contributed by atoms with Gasteiger partial charge in [-0.2, -0.15) is 0 Å². The van der Waals surface area contributed by atoms with E-state index >= 15 is 0 Å². The van der Waals surface area contributed by atoms with E-state index in [0.29, 0.717) is 6.54 Å². The third-order valence-electron chi connectivity index (χ3n) is 3.55. The number of methoxy groups -OCH3 is 1. The molecule has 0 aliphatic carbocycles. The Hall–Kier alpha value is -1.17. The van der Waals surface area contributed by atoms with Gasteiger partial charge < -0.3 is 10.5 Å². The molecule has 0 amide bonds. The first-order chi connectivity index (χ1) is 9.22. The fraction of sp³-hybridized carbons (Fsp3) is 0.571. The van der Waals surface area contributed by atoms with Crippen LogP contribution in [-0.2, 0) is 6.54 Å². The van der Waals surface area contributed by atoms with Crippen LogP contribution < -0.4 is 10.5 Å². The van der Waals surface area contributed by atoms with Crippen LogP contribution >= 0.6 is 0 Å². The predicted octanol–water partition coefficient (Wildman–Crippen LogP) is 0.911. The minimum Gasteiger partial charge on any atom is -0.496 e. The molecule has 1 fully saturated rings. The van der Waals surface area contributed by atoms with Gasteiger partial charge in [-0.25, -0.2) is 4.39 Å². The lowest BCUT2D eigenvalue weighted by atomic mass is 10.1. The minimum atomic E-state index is -0.211. The molecule has 0 spiro atoms. The lowest BCUT2D eigenvalue weighted by Crippen LogP contribution is -2.47. The van der Waals surface area contributed by atoms with E-state index in [1.807, 2.05) is 0 Å². The minimum absolute atomic E-state index is 0.211. The number of rotatable bonds is 5. The summed E-state index contributed by atoms with van der Waals surface area (Å²) in [6, 6.07) is 4.68. The molecule has 0 bridgehead atoms. The van der Waals surface area contributed by atoms with Crippen molar-refractivity contribution < 1.29 is 9.13 Å². The normalized spacial score (nSPS) is 17.6. The Morgan fingerprint density at radius 2 is 1.89 bits per heavy atom. The molecular weight excluding hydrogens is 245 g/mol. The molecular formula is C14H22FN3O. The second kappa shape index (κ2) is 6.84. The van der Waals surface area contributed by atoms with Crippen LogP contribution in [0.2, 0.25) is 0 Å². The van der Waals surface area contributed by atoms with E-state index in [2.05, 4.69) is 9.80 Å². The summed E-state index contributed by atoms with van der Waals surface area (Å²) in [7, 11) is 1.62. The predicted molar refractivity (Wildman–Crippen MR) is 73.7 cm³/mol. The number of hydrogen-bond donors (Lipinski definition) is 1. The van der Waals surface area contributed by atoms with E-state index in [-0.39, 0.29) is 5.82 Å². The average Bonchev–Trinajstić information content (AvgIpc) is 2.42. The van der Waals surface area contributed by atoms with Crippen LogP contribution in [0.25, 0.3) is 0 Å². The summed E-state index contributed by atoms with van der Waals surface area (Å²) < 4.78 is 18.6. The Bertz CT molecular complexity index is 406. The van der Waals surface area contributed by atoms with Crippen molar-refractivity contribution in [3.8, 4) is 5.75 Å². The Balaban J connectivity index is 1.93. The van der Waals surface area contributed by atoms with Crippen LogP contribution in [0.1, 0.15) is 5.56 Å². The van der Waals surface area contributed by atoms with Crippen LogP contribution in [0.15, 0.2) is 18.2 Å². The summed E-state index contributed by atoms with van der Waals surface area (Å²) in [6.45, 7) is 6.41. The lowest BCUT2D eigenvalue weighted by molar-refractivity contribution is 0.129. The van der Waals surface area contributed by atoms with Crippen molar-refractivity contribution in [1.82, 2.24) is 9.80 Å². The Kier molecular flexibility index (Phi) is 5.13. The second-order valence-corrected chi connectivity index (χ2v) is 4.86. The molecule has 106 valence electrons. The van der Waals surface area contributed by atoms with E-state index in [4.69, 9.17) is 10.5 Å². The van der Waals surface area contributed by atoms with Crippen molar-refractivity contribution in [3.63, 3.8) is 0 Å². The van der Waals surface area contributed by atoms with Crippen molar-refractivity contribution in [1.29, 1.82) is 0 Å². The fourth-order valence-corrected chi connectivity index (χ4v) is 2.47. The highest BCUT2D eigenvalue weighted by atomic mass is 19.1. The first-order valence-electron chi connectivity index (χ1n) is 6.70. The maximum Gasteiger partial charge on any atom is 0.123 e. The Labute approximate surface area is 113 Å². The standard InChI is InChI=1S/C14H22FN3O/c1-19-14-3-2-13(15)10-12(14)11-18-8-6-17(5-4-16)7-9-18/h2-3,10H,4-9,11,16H2,1H3. The third kappa shape index (κ3) is 3.89. The molecule has 0 saturated carbocycles. The van der Waals surface area contributed by atoms with Crippen LogP contribution in [0.3, 0.4) is 0 Å². The molecule has 1 aliphatic heterocycles. The number of halogens is 1. The molecule has 19 heavy (non-hydrogen) atoms. The van der Waals surface area contributed by atoms with Gasteiger partial charge in [0.15, 0.2) is 0 Å². The number of hydrogen-bond acceptors (Lipinski definition) is 4. The molecule has 1 aromatic rings. The zero-order valence-electron chi connectivity index (χ0n) is 11.4. The molecule has 0 unspecified atom stereocenters. The molecule has 0 atom stereocenters. The summed E-state index contributed by atoms with van der Waals surface area (Å²) in [5, 5.41) is 0. The molecule has 1 aliphatic rings. The van der Waals surface area contributed by atoms with Crippen molar-refractivity contribution in [2.24, 2.45) is 5.73 Å². The number of nitrogens with zero attached hydrogens (tertiary/aromatic N) is 2. The fourth-order valence-electron chi connectivity index (χ4n) is 2.47. The SMILES string of the molecule is COc1ccc(F)cc1CN1CCN(CCN)CC1. The molecule has 5 heteroatoms. The first-order valence-corrected chi connectivity index (χ1v) is 6.70. The molecule has 0 aromatic heterocycles. The van der Waals surface area contributed by atoms with Gasteiger partial charge in [-0.3, -0.25) is 9.80 Å². The Morgan fingerprint density at radius 1 is 1.21 bits per heavy atom. The van der Waals surface area contributed by atoms with Crippen LogP contribution in [0.5, 0.6) is 5.75 Å². The van der Waals surface area contributed by atoms with Crippen molar-refractivity contribution >= 4 is 0 Å². The van der Waals surface area contributed by atoms with Crippen LogP contribution in [0, 0.1) is 5.82 Å². The number of benzene rings is 1. The second-order valence-electron chi connectivity index (χ2n) is 4.86. The van der Waals surface area contributed by atoms with E-state index in [1.54, 1.807) is 19.2 Å². The maximum absolute atomic E-state index is 13.3. The molecule has 1 saturated heterocycles. The summed E-state index contributed by atoms with van der Waals surface area (Å²) in [4.78, 5) is 4.68. The van der Waals surface area contributed by atoms with Crippen molar-refractivity contribution in [2.75, 3.05) is 46.4 Å². The maximum atomic E-state index is 13.3. The van der Waals surface area contributed by atoms with Gasteiger partial charge in [-0.15, -0.1) is 0 Å². The molecule has 1 aromatic carbocycles. The van der Waals surface area contributed by atoms with Gasteiger partial charge in [0.1, 0.15) is 11.6 Å². The summed E-state index contributed by atoms with van der Waals surface area (Å²) in [5.74, 6) is 0.545. The smallest absolute Gasteiger partial charge is 0.123 e. The third-order valence-corrected chi connectivity index (χ3v) is 3.55. The largest absolute Gasteiger partial charge is 0.496 e. The molecule has 2 rings (SSSR count). The van der Waals surface area contributed by atoms with Gasteiger partial charge in [-0.05, 0) is 18.2 Å². The Morgan fingerprint density at radius 3 is 2.53 bits per heavy atom. The van der Waals surface area contributed by atoms with E-state index in [0.717, 1.165) is 50.6 Å². The number of nitrogens with two attached hydrogens (primary N) is 1. The van der Waals surface area contributed by atoms with Crippen molar-refractivity contribution in [2.45, 2.75) is 6.54 Å². The molecule has 1 heterocycles. The topological polar surface area (TPSA) is 41.7 Å². The number of piperazine rings is 1. The average molecular weight is 267 g/mol. The van der Waals surface area contributed by atoms with Gasteiger partial charge in [0.25, 0.3) is 0 Å². The summed E-state index contributed by atoms with van der Waals surface area (Å²) in [6.07, 6.45) is 0. The monoisotopic (exact) mass is 267 g/mol. The van der Waals surface area contributed by atoms with Gasteiger partial charge in [0, 0.05) is 51.4 Å². The highest BCUT2D eigenvalue weighted by Gasteiger charge is 2.17. The van der Waals surface area contributed by atoms with Crippen LogP contribution in [-0.4, -0.2) is 56.2 Å². The lowest BCUT2D eigenvalue weighted by Gasteiger charge is -2.34. The van der Waals surface area contributed by atoms with Gasteiger partial charge in [0.05, 0.1) is 7.11 Å². The van der Waals surface area contributed by atoms with Gasteiger partial charge >= 0.3 is 0 Å². The van der Waals surface area contributed by atoms with E-state index in [9.17, 15) is 4.39 Å². The van der Waals surface area contributed by atoms with E-state index in [1.165, 1.54) is 6.07 Å². The quantitative estimate of drug-likeness (QED) is 0.861. The zero-order chi connectivity index (χ0) is 13.7. The number of ether oxygens (including phenoxy) is 1. The molecule has 4 nitrogen and oxygen atoms in total. The molecule has 2 N–H and O–H groups in total. The summed E-state index contributed by atoms with van der Waals surface area (Å²) in [5.41, 5.74) is 6.47.